The lowest BCUT2D eigenvalue weighted by Gasteiger charge is -2.35. The lowest BCUT2D eigenvalue weighted by atomic mass is 10.2. The summed E-state index contributed by atoms with van der Waals surface area (Å²) in [5.74, 6) is -2.97. The zero-order valence-electron chi connectivity index (χ0n) is 16.4. The van der Waals surface area contributed by atoms with Crippen molar-refractivity contribution in [1.82, 2.24) is 19.4 Å². The first kappa shape index (κ1) is 21.6. The van der Waals surface area contributed by atoms with Gasteiger partial charge < -0.3 is 14.4 Å². The number of imidazole rings is 1. The summed E-state index contributed by atoms with van der Waals surface area (Å²) in [6, 6.07) is 13.8. The van der Waals surface area contributed by atoms with Gasteiger partial charge in [0, 0.05) is 36.8 Å². The molecule has 0 aliphatic carbocycles. The molecule has 31 heavy (non-hydrogen) atoms. The molecule has 0 unspecified atom stereocenters. The summed E-state index contributed by atoms with van der Waals surface area (Å²) >= 11 is 6.29. The molecule has 0 N–H and O–H groups in total. The third kappa shape index (κ3) is 4.83. The summed E-state index contributed by atoms with van der Waals surface area (Å²) in [5.41, 5.74) is 1.70. The van der Waals surface area contributed by atoms with E-state index >= 15 is 0 Å². The SMILES string of the molecule is O=C(Cn1c(SC(F)F)nc2ccccc21)N1CCN(C(=O)c2cccc(Cl)c2)CC1. The second-order valence-electron chi connectivity index (χ2n) is 7.03. The zero-order chi connectivity index (χ0) is 22.0. The van der Waals surface area contributed by atoms with Crippen molar-refractivity contribution in [3.8, 4) is 0 Å². The number of amides is 2. The molecule has 2 heterocycles. The Balaban J connectivity index is 1.43. The summed E-state index contributed by atoms with van der Waals surface area (Å²) < 4.78 is 27.5. The van der Waals surface area contributed by atoms with E-state index in [1.165, 1.54) is 4.57 Å². The van der Waals surface area contributed by atoms with Crippen LogP contribution in [0.15, 0.2) is 53.7 Å². The van der Waals surface area contributed by atoms with Crippen molar-refractivity contribution < 1.29 is 18.4 Å². The highest BCUT2D eigenvalue weighted by molar-refractivity contribution is 7.99. The van der Waals surface area contributed by atoms with E-state index in [0.29, 0.717) is 59.6 Å². The van der Waals surface area contributed by atoms with Crippen LogP contribution in [-0.2, 0) is 11.3 Å². The lowest BCUT2D eigenvalue weighted by molar-refractivity contribution is -0.133. The predicted molar refractivity (Wildman–Crippen MR) is 116 cm³/mol. The molecule has 2 amide bonds. The molecule has 0 bridgehead atoms. The molecule has 0 spiro atoms. The normalized spacial score (nSPS) is 14.5. The van der Waals surface area contributed by atoms with E-state index in [2.05, 4.69) is 4.98 Å². The van der Waals surface area contributed by atoms with Crippen molar-refractivity contribution in [1.29, 1.82) is 0 Å². The highest BCUT2D eigenvalue weighted by Gasteiger charge is 2.26. The number of nitrogens with zero attached hydrogens (tertiary/aromatic N) is 4. The highest BCUT2D eigenvalue weighted by atomic mass is 35.5. The van der Waals surface area contributed by atoms with Gasteiger partial charge in [0.25, 0.3) is 11.7 Å². The van der Waals surface area contributed by atoms with Crippen molar-refractivity contribution in [2.24, 2.45) is 0 Å². The average molecular weight is 465 g/mol. The quantitative estimate of drug-likeness (QED) is 0.536. The van der Waals surface area contributed by atoms with Gasteiger partial charge in [-0.25, -0.2) is 4.98 Å². The van der Waals surface area contributed by atoms with E-state index < -0.39 is 5.76 Å². The van der Waals surface area contributed by atoms with Crippen molar-refractivity contribution in [3.63, 3.8) is 0 Å². The average Bonchev–Trinajstić information content (AvgIpc) is 3.09. The number of hydrogen-bond donors (Lipinski definition) is 0. The molecule has 1 aliphatic rings. The Morgan fingerprint density at radius 1 is 1.03 bits per heavy atom. The Bertz CT molecular complexity index is 1120. The summed E-state index contributed by atoms with van der Waals surface area (Å²) in [6.45, 7) is 1.43. The molecule has 0 radical (unpaired) electrons. The number of halogens is 3. The van der Waals surface area contributed by atoms with Crippen LogP contribution < -0.4 is 0 Å². The summed E-state index contributed by atoms with van der Waals surface area (Å²) in [7, 11) is 0. The predicted octanol–water partition coefficient (Wildman–Crippen LogP) is 3.99. The van der Waals surface area contributed by atoms with Gasteiger partial charge in [0.15, 0.2) is 5.16 Å². The monoisotopic (exact) mass is 464 g/mol. The molecule has 1 aromatic heterocycles. The number of carbonyl (C=O) groups is 2. The van der Waals surface area contributed by atoms with E-state index in [0.717, 1.165) is 0 Å². The van der Waals surface area contributed by atoms with E-state index in [1.807, 2.05) is 0 Å². The number of alkyl halides is 2. The number of para-hydroxylation sites is 2. The molecule has 1 fully saturated rings. The highest BCUT2D eigenvalue weighted by Crippen LogP contribution is 2.28. The van der Waals surface area contributed by atoms with Gasteiger partial charge in [-0.15, -0.1) is 0 Å². The fraction of sp³-hybridized carbons (Fsp3) is 0.286. The minimum atomic E-state index is -2.63. The second kappa shape index (κ2) is 9.23. The maximum atomic E-state index is 13.0. The Morgan fingerprint density at radius 3 is 2.45 bits per heavy atom. The van der Waals surface area contributed by atoms with Crippen LogP contribution >= 0.6 is 23.4 Å². The number of fused-ring (bicyclic) bond motifs is 1. The third-order valence-electron chi connectivity index (χ3n) is 5.10. The smallest absolute Gasteiger partial charge is 0.291 e. The van der Waals surface area contributed by atoms with Gasteiger partial charge in [0.05, 0.1) is 11.0 Å². The molecule has 2 aromatic carbocycles. The van der Waals surface area contributed by atoms with E-state index in [4.69, 9.17) is 11.6 Å². The lowest BCUT2D eigenvalue weighted by Crippen LogP contribution is -2.51. The maximum absolute atomic E-state index is 13.0. The first-order chi connectivity index (χ1) is 14.9. The molecular formula is C21H19ClF2N4O2S. The van der Waals surface area contributed by atoms with Crippen LogP contribution in [-0.4, -0.2) is 63.1 Å². The minimum Gasteiger partial charge on any atom is -0.338 e. The summed E-state index contributed by atoms with van der Waals surface area (Å²) in [6.07, 6.45) is 0. The number of rotatable bonds is 5. The number of carbonyl (C=O) groups excluding carboxylic acids is 2. The molecule has 1 saturated heterocycles. The molecule has 10 heteroatoms. The molecule has 162 valence electrons. The van der Waals surface area contributed by atoms with Gasteiger partial charge in [-0.3, -0.25) is 9.59 Å². The van der Waals surface area contributed by atoms with Crippen LogP contribution in [0.25, 0.3) is 11.0 Å². The van der Waals surface area contributed by atoms with Crippen molar-refractivity contribution in [2.75, 3.05) is 26.2 Å². The Kier molecular flexibility index (Phi) is 6.43. The van der Waals surface area contributed by atoms with Gasteiger partial charge in [-0.05, 0) is 42.1 Å². The number of hydrogen-bond acceptors (Lipinski definition) is 4. The molecule has 6 nitrogen and oxygen atoms in total. The summed E-state index contributed by atoms with van der Waals surface area (Å²) in [4.78, 5) is 33.1. The van der Waals surface area contributed by atoms with E-state index in [1.54, 1.807) is 58.3 Å². The van der Waals surface area contributed by atoms with E-state index in [-0.39, 0.29) is 23.5 Å². The third-order valence-corrected chi connectivity index (χ3v) is 6.03. The Hall–Kier alpha value is -2.65. The Morgan fingerprint density at radius 2 is 1.74 bits per heavy atom. The molecule has 0 saturated carbocycles. The second-order valence-corrected chi connectivity index (χ2v) is 8.42. The molecule has 1 aliphatic heterocycles. The molecule has 0 atom stereocenters. The van der Waals surface area contributed by atoms with Gasteiger partial charge in [-0.1, -0.05) is 29.8 Å². The zero-order valence-corrected chi connectivity index (χ0v) is 18.0. The van der Waals surface area contributed by atoms with Gasteiger partial charge >= 0.3 is 0 Å². The topological polar surface area (TPSA) is 58.4 Å². The van der Waals surface area contributed by atoms with Crippen LogP contribution in [0.1, 0.15) is 10.4 Å². The molecule has 4 rings (SSSR count). The fourth-order valence-electron chi connectivity index (χ4n) is 3.57. The van der Waals surface area contributed by atoms with Crippen molar-refractivity contribution >= 4 is 46.2 Å². The first-order valence-electron chi connectivity index (χ1n) is 9.65. The maximum Gasteiger partial charge on any atom is 0.291 e. The van der Waals surface area contributed by atoms with Gasteiger partial charge in [-0.2, -0.15) is 8.78 Å². The van der Waals surface area contributed by atoms with Crippen LogP contribution in [0.2, 0.25) is 5.02 Å². The van der Waals surface area contributed by atoms with Crippen LogP contribution in [0.5, 0.6) is 0 Å². The Labute approximate surface area is 186 Å². The van der Waals surface area contributed by atoms with Crippen LogP contribution in [0.4, 0.5) is 8.78 Å². The minimum absolute atomic E-state index is 0.0855. The van der Waals surface area contributed by atoms with E-state index in [9.17, 15) is 18.4 Å². The number of aromatic nitrogens is 2. The standard InChI is InChI=1S/C21H19ClF2N4O2S/c22-15-5-3-4-14(12-15)19(30)27-10-8-26(9-11-27)18(29)13-28-17-7-2-1-6-16(17)25-21(28)31-20(23)24/h1-7,12,20H,8-11,13H2. The largest absolute Gasteiger partial charge is 0.338 e. The number of thioether (sulfide) groups is 1. The number of piperazine rings is 1. The van der Waals surface area contributed by atoms with Crippen LogP contribution in [0, 0.1) is 0 Å². The fourth-order valence-corrected chi connectivity index (χ4v) is 4.36. The van der Waals surface area contributed by atoms with Gasteiger partial charge in [0.2, 0.25) is 5.91 Å². The van der Waals surface area contributed by atoms with Gasteiger partial charge in [0.1, 0.15) is 6.54 Å². The summed E-state index contributed by atoms with van der Waals surface area (Å²) in [5, 5.41) is 0.601. The molecule has 3 aromatic rings. The van der Waals surface area contributed by atoms with Crippen molar-refractivity contribution in [2.45, 2.75) is 17.5 Å². The number of benzene rings is 2. The van der Waals surface area contributed by atoms with Crippen molar-refractivity contribution in [3.05, 3.63) is 59.1 Å². The van der Waals surface area contributed by atoms with Crippen LogP contribution in [0.3, 0.4) is 0 Å². The molecular weight excluding hydrogens is 446 g/mol. The first-order valence-corrected chi connectivity index (χ1v) is 10.9.